The second-order valence-corrected chi connectivity index (χ2v) is 11.0. The summed E-state index contributed by atoms with van der Waals surface area (Å²) in [5, 5.41) is 3.25. The highest BCUT2D eigenvalue weighted by Gasteiger charge is 2.42. The summed E-state index contributed by atoms with van der Waals surface area (Å²) < 4.78 is 0. The molecule has 7 nitrogen and oxygen atoms in total. The van der Waals surface area contributed by atoms with Crippen LogP contribution in [0.5, 0.6) is 0 Å². The molecular formula is C29H41N5O2. The first-order chi connectivity index (χ1) is 17.3. The van der Waals surface area contributed by atoms with Crippen LogP contribution >= 0.6 is 0 Å². The number of carbonyl (C=O) groups is 2. The van der Waals surface area contributed by atoms with Gasteiger partial charge in [-0.05, 0) is 68.2 Å². The summed E-state index contributed by atoms with van der Waals surface area (Å²) in [6.07, 6.45) is 7.52. The largest absolute Gasteiger partial charge is 0.352 e. The summed E-state index contributed by atoms with van der Waals surface area (Å²) in [5.74, 6) is 0.295. The molecule has 7 heteroatoms. The predicted octanol–water partition coefficient (Wildman–Crippen LogP) is 3.52. The molecule has 2 heterocycles. The standard InChI is InChI=1S/C29H41N5O2/c1-20(2)17-33(18-23-8-5-4-7-21(23)3)26-15-27(28(35)32-25-12-10-24(30)11-13-25)34(19-26)29(36)22-9-6-14-31-16-22/h4-9,14,16,20,24-27H,10-13,15,17-19,30H2,1-3H3,(H,32,35). The van der Waals surface area contributed by atoms with Crippen molar-refractivity contribution in [1.29, 1.82) is 0 Å². The van der Waals surface area contributed by atoms with E-state index < -0.39 is 6.04 Å². The molecule has 0 radical (unpaired) electrons. The molecule has 2 unspecified atom stereocenters. The van der Waals surface area contributed by atoms with Gasteiger partial charge in [0.1, 0.15) is 6.04 Å². The Morgan fingerprint density at radius 3 is 2.56 bits per heavy atom. The molecule has 1 aliphatic heterocycles. The molecule has 4 rings (SSSR count). The smallest absolute Gasteiger partial charge is 0.256 e. The third-order valence-electron chi connectivity index (χ3n) is 7.62. The van der Waals surface area contributed by atoms with E-state index in [0.717, 1.165) is 38.8 Å². The summed E-state index contributed by atoms with van der Waals surface area (Å²) in [6.45, 7) is 8.82. The van der Waals surface area contributed by atoms with E-state index in [1.807, 2.05) is 0 Å². The van der Waals surface area contributed by atoms with Crippen molar-refractivity contribution < 1.29 is 9.59 Å². The number of pyridine rings is 1. The molecule has 1 saturated carbocycles. The molecule has 1 aromatic heterocycles. The van der Waals surface area contributed by atoms with Gasteiger partial charge < -0.3 is 16.0 Å². The van der Waals surface area contributed by atoms with Gasteiger partial charge in [-0.1, -0.05) is 38.1 Å². The highest BCUT2D eigenvalue weighted by atomic mass is 16.2. The number of aryl methyl sites for hydroxylation is 1. The fourth-order valence-corrected chi connectivity index (χ4v) is 5.59. The van der Waals surface area contributed by atoms with E-state index in [1.165, 1.54) is 11.1 Å². The van der Waals surface area contributed by atoms with E-state index in [9.17, 15) is 9.59 Å². The Labute approximate surface area is 215 Å². The average Bonchev–Trinajstić information content (AvgIpc) is 3.32. The van der Waals surface area contributed by atoms with Crippen LogP contribution in [0.2, 0.25) is 0 Å². The fourth-order valence-electron chi connectivity index (χ4n) is 5.59. The number of hydrogen-bond acceptors (Lipinski definition) is 5. The maximum Gasteiger partial charge on any atom is 0.256 e. The maximum atomic E-state index is 13.6. The van der Waals surface area contributed by atoms with E-state index >= 15 is 0 Å². The number of amides is 2. The first-order valence-corrected chi connectivity index (χ1v) is 13.4. The van der Waals surface area contributed by atoms with Crippen LogP contribution in [0.4, 0.5) is 0 Å². The number of nitrogens with one attached hydrogen (secondary N) is 1. The van der Waals surface area contributed by atoms with Crippen molar-refractivity contribution in [2.45, 2.75) is 83.6 Å². The molecular weight excluding hydrogens is 450 g/mol. The van der Waals surface area contributed by atoms with Crippen LogP contribution in [0.3, 0.4) is 0 Å². The maximum absolute atomic E-state index is 13.6. The summed E-state index contributed by atoms with van der Waals surface area (Å²) in [4.78, 5) is 35.5. The average molecular weight is 492 g/mol. The molecule has 2 aromatic rings. The first-order valence-electron chi connectivity index (χ1n) is 13.4. The molecule has 3 N–H and O–H groups in total. The van der Waals surface area contributed by atoms with Gasteiger partial charge in [-0.15, -0.1) is 0 Å². The van der Waals surface area contributed by atoms with Gasteiger partial charge in [0.15, 0.2) is 0 Å². The molecule has 1 aromatic carbocycles. The molecule has 0 bridgehead atoms. The first kappa shape index (κ1) is 26.3. The van der Waals surface area contributed by atoms with Crippen LogP contribution in [-0.2, 0) is 11.3 Å². The van der Waals surface area contributed by atoms with Crippen LogP contribution in [0.15, 0.2) is 48.8 Å². The fraction of sp³-hybridized carbons (Fsp3) is 0.552. The Morgan fingerprint density at radius 2 is 1.89 bits per heavy atom. The Hall–Kier alpha value is -2.77. The number of carbonyl (C=O) groups excluding carboxylic acids is 2. The number of nitrogens with two attached hydrogens (primary N) is 1. The number of nitrogens with zero attached hydrogens (tertiary/aromatic N) is 3. The zero-order valence-electron chi connectivity index (χ0n) is 21.9. The van der Waals surface area contributed by atoms with Crippen LogP contribution in [0.25, 0.3) is 0 Å². The van der Waals surface area contributed by atoms with Gasteiger partial charge in [0.05, 0.1) is 5.56 Å². The van der Waals surface area contributed by atoms with Crippen LogP contribution in [-0.4, -0.2) is 63.9 Å². The van der Waals surface area contributed by atoms with Crippen LogP contribution in [0, 0.1) is 12.8 Å². The Morgan fingerprint density at radius 1 is 1.14 bits per heavy atom. The normalized spacial score (nSPS) is 24.3. The lowest BCUT2D eigenvalue weighted by atomic mass is 9.91. The van der Waals surface area contributed by atoms with Crippen molar-refractivity contribution >= 4 is 11.8 Å². The summed E-state index contributed by atoms with van der Waals surface area (Å²) in [7, 11) is 0. The van der Waals surface area contributed by atoms with Crippen molar-refractivity contribution in [3.8, 4) is 0 Å². The summed E-state index contributed by atoms with van der Waals surface area (Å²) in [5.41, 5.74) is 9.13. The molecule has 2 fully saturated rings. The van der Waals surface area contributed by atoms with Crippen molar-refractivity contribution in [3.63, 3.8) is 0 Å². The predicted molar refractivity (Wildman–Crippen MR) is 142 cm³/mol. The number of hydrogen-bond donors (Lipinski definition) is 2. The van der Waals surface area contributed by atoms with Gasteiger partial charge in [-0.3, -0.25) is 19.5 Å². The second-order valence-electron chi connectivity index (χ2n) is 11.0. The molecule has 1 saturated heterocycles. The summed E-state index contributed by atoms with van der Waals surface area (Å²) >= 11 is 0. The van der Waals surface area contributed by atoms with Crippen molar-refractivity contribution in [2.75, 3.05) is 13.1 Å². The van der Waals surface area contributed by atoms with Gasteiger partial charge in [0, 0.05) is 50.2 Å². The SMILES string of the molecule is Cc1ccccc1CN(CC(C)C)C1CC(C(=O)NC2CCC(N)CC2)N(C(=O)c2cccnc2)C1. The molecule has 2 amide bonds. The summed E-state index contributed by atoms with van der Waals surface area (Å²) in [6, 6.07) is 12.0. The lowest BCUT2D eigenvalue weighted by Gasteiger charge is -2.31. The van der Waals surface area contributed by atoms with Gasteiger partial charge in [-0.2, -0.15) is 0 Å². The monoisotopic (exact) mass is 491 g/mol. The van der Waals surface area contributed by atoms with Gasteiger partial charge >= 0.3 is 0 Å². The second kappa shape index (κ2) is 12.0. The van der Waals surface area contributed by atoms with Gasteiger partial charge in [0.25, 0.3) is 5.91 Å². The molecule has 2 aliphatic rings. The van der Waals surface area contributed by atoms with E-state index in [0.29, 0.717) is 24.4 Å². The van der Waals surface area contributed by atoms with E-state index in [2.05, 4.69) is 60.2 Å². The number of aromatic nitrogens is 1. The zero-order valence-corrected chi connectivity index (χ0v) is 21.9. The van der Waals surface area contributed by atoms with E-state index in [1.54, 1.807) is 29.4 Å². The molecule has 0 spiro atoms. The van der Waals surface area contributed by atoms with Crippen molar-refractivity contribution in [1.82, 2.24) is 20.1 Å². The van der Waals surface area contributed by atoms with Crippen LogP contribution < -0.4 is 11.1 Å². The number of rotatable bonds is 8. The van der Waals surface area contributed by atoms with Crippen molar-refractivity contribution in [3.05, 3.63) is 65.5 Å². The van der Waals surface area contributed by atoms with Crippen LogP contribution in [0.1, 0.15) is 67.4 Å². The van der Waals surface area contributed by atoms with Crippen molar-refractivity contribution in [2.24, 2.45) is 11.7 Å². The lowest BCUT2D eigenvalue weighted by molar-refractivity contribution is -0.125. The Kier molecular flexibility index (Phi) is 8.75. The zero-order chi connectivity index (χ0) is 25.7. The topological polar surface area (TPSA) is 91.6 Å². The quantitative estimate of drug-likeness (QED) is 0.590. The third kappa shape index (κ3) is 6.51. The van der Waals surface area contributed by atoms with Gasteiger partial charge in [0.2, 0.25) is 5.91 Å². The molecule has 2 atom stereocenters. The highest BCUT2D eigenvalue weighted by Crippen LogP contribution is 2.28. The lowest BCUT2D eigenvalue weighted by Crippen LogP contribution is -2.50. The Bertz CT molecular complexity index is 1020. The number of benzene rings is 1. The molecule has 1 aliphatic carbocycles. The highest BCUT2D eigenvalue weighted by molar-refractivity contribution is 5.97. The van der Waals surface area contributed by atoms with E-state index in [-0.39, 0.29) is 29.9 Å². The Balaban J connectivity index is 1.56. The number of likely N-dealkylation sites (tertiary alicyclic amines) is 1. The third-order valence-corrected chi connectivity index (χ3v) is 7.62. The van der Waals surface area contributed by atoms with E-state index in [4.69, 9.17) is 5.73 Å². The molecule has 36 heavy (non-hydrogen) atoms. The minimum atomic E-state index is -0.496. The minimum Gasteiger partial charge on any atom is -0.352 e. The molecule has 194 valence electrons. The minimum absolute atomic E-state index is 0.0457. The van der Waals surface area contributed by atoms with Gasteiger partial charge in [-0.25, -0.2) is 0 Å².